The predicted octanol–water partition coefficient (Wildman–Crippen LogP) is 4.98. The summed E-state index contributed by atoms with van der Waals surface area (Å²) in [6.07, 6.45) is 1.75. The molecule has 2 N–H and O–H groups in total. The van der Waals surface area contributed by atoms with Crippen LogP contribution in [-0.2, 0) is 0 Å². The fourth-order valence-corrected chi connectivity index (χ4v) is 3.39. The number of pyridine rings is 1. The van der Waals surface area contributed by atoms with Gasteiger partial charge in [0.15, 0.2) is 0 Å². The van der Waals surface area contributed by atoms with Crippen molar-refractivity contribution in [3.8, 4) is 0 Å². The molecule has 2 aromatic heterocycles. The average molecular weight is 358 g/mol. The van der Waals surface area contributed by atoms with Crippen LogP contribution in [0.4, 0.5) is 11.4 Å². The van der Waals surface area contributed by atoms with Crippen LogP contribution >= 0.6 is 0 Å². The number of nitrogens with one attached hydrogen (secondary N) is 2. The number of aryl methyl sites for hydroxylation is 1. The lowest BCUT2D eigenvalue weighted by Crippen LogP contribution is -2.14. The molecule has 0 fully saturated rings. The molecule has 0 saturated carbocycles. The largest absolute Gasteiger partial charge is 0.373 e. The molecule has 0 spiro atoms. The highest BCUT2D eigenvalue weighted by atomic mass is 16.6. The molecule has 0 bridgehead atoms. The Labute approximate surface area is 156 Å². The molecule has 27 heavy (non-hydrogen) atoms. The van der Waals surface area contributed by atoms with Crippen molar-refractivity contribution in [3.63, 3.8) is 0 Å². The first-order chi connectivity index (χ1) is 13.1. The van der Waals surface area contributed by atoms with Crippen molar-refractivity contribution in [1.82, 2.24) is 9.97 Å². The smallest absolute Gasteiger partial charge is 0.271 e. The summed E-state index contributed by atoms with van der Waals surface area (Å²) < 4.78 is 0. The lowest BCUT2D eigenvalue weighted by Gasteiger charge is -2.20. The van der Waals surface area contributed by atoms with Gasteiger partial charge in [-0.15, -0.1) is 0 Å². The molecule has 0 aliphatic heterocycles. The van der Waals surface area contributed by atoms with Gasteiger partial charge in [0, 0.05) is 46.2 Å². The van der Waals surface area contributed by atoms with Gasteiger partial charge >= 0.3 is 0 Å². The van der Waals surface area contributed by atoms with Crippen molar-refractivity contribution >= 4 is 22.3 Å². The van der Waals surface area contributed by atoms with Crippen molar-refractivity contribution < 1.29 is 4.92 Å². The second kappa shape index (κ2) is 6.92. The molecule has 1 atom stereocenters. The van der Waals surface area contributed by atoms with Crippen molar-refractivity contribution in [2.45, 2.75) is 13.0 Å². The number of para-hydroxylation sites is 1. The molecular weight excluding hydrogens is 340 g/mol. The third-order valence-corrected chi connectivity index (χ3v) is 4.58. The summed E-state index contributed by atoms with van der Waals surface area (Å²) in [7, 11) is 0. The standard InChI is InChI=1S/C21H18N4O2/c1-14-20(17-9-2-3-10-18(17)23-14)21(19-11-4-5-12-22-19)24-15-7-6-8-16(13-15)25(26)27/h2-13,21,23-24H,1H3/t21-/m1/s1. The zero-order valence-corrected chi connectivity index (χ0v) is 14.7. The van der Waals surface area contributed by atoms with Gasteiger partial charge < -0.3 is 10.3 Å². The van der Waals surface area contributed by atoms with Gasteiger partial charge in [-0.3, -0.25) is 15.1 Å². The van der Waals surface area contributed by atoms with Gasteiger partial charge in [-0.2, -0.15) is 0 Å². The third kappa shape index (κ3) is 3.25. The molecule has 0 aliphatic rings. The maximum absolute atomic E-state index is 11.1. The Bertz CT molecular complexity index is 1110. The number of nitro groups is 1. The SMILES string of the molecule is Cc1[nH]c2ccccc2c1[C@H](Nc1cccc([N+](=O)[O-])c1)c1ccccn1. The van der Waals surface area contributed by atoms with Crippen LogP contribution in [0.5, 0.6) is 0 Å². The number of anilines is 1. The normalized spacial score (nSPS) is 12.0. The number of fused-ring (bicyclic) bond motifs is 1. The van der Waals surface area contributed by atoms with Crippen LogP contribution in [0, 0.1) is 17.0 Å². The van der Waals surface area contributed by atoms with E-state index in [4.69, 9.17) is 0 Å². The number of aromatic amines is 1. The van der Waals surface area contributed by atoms with Crippen molar-refractivity contribution in [3.05, 3.63) is 100.0 Å². The Hall–Kier alpha value is -3.67. The third-order valence-electron chi connectivity index (χ3n) is 4.58. The Balaban J connectivity index is 1.84. The lowest BCUT2D eigenvalue weighted by atomic mass is 9.99. The molecule has 0 amide bonds. The monoisotopic (exact) mass is 358 g/mol. The molecule has 0 radical (unpaired) electrons. The number of non-ortho nitro benzene ring substituents is 1. The topological polar surface area (TPSA) is 83.8 Å². The maximum atomic E-state index is 11.1. The highest BCUT2D eigenvalue weighted by Gasteiger charge is 2.22. The number of nitrogens with zero attached hydrogens (tertiary/aromatic N) is 2. The molecule has 2 aromatic carbocycles. The summed E-state index contributed by atoms with van der Waals surface area (Å²) in [6, 6.07) is 20.1. The number of rotatable bonds is 5. The van der Waals surface area contributed by atoms with Crippen LogP contribution in [0.1, 0.15) is 23.0 Å². The molecule has 134 valence electrons. The number of hydrogen-bond acceptors (Lipinski definition) is 4. The van der Waals surface area contributed by atoms with Gasteiger partial charge in [-0.25, -0.2) is 0 Å². The minimum absolute atomic E-state index is 0.0513. The quantitative estimate of drug-likeness (QED) is 0.389. The fourth-order valence-electron chi connectivity index (χ4n) is 3.39. The van der Waals surface area contributed by atoms with E-state index in [9.17, 15) is 10.1 Å². The summed E-state index contributed by atoms with van der Waals surface area (Å²) in [5.41, 5.74) is 4.73. The first kappa shape index (κ1) is 16.8. The molecule has 6 nitrogen and oxygen atoms in total. The van der Waals surface area contributed by atoms with Crippen molar-refractivity contribution in [2.75, 3.05) is 5.32 Å². The predicted molar refractivity (Wildman–Crippen MR) is 106 cm³/mol. The van der Waals surface area contributed by atoms with Crippen LogP contribution in [0.3, 0.4) is 0 Å². The number of nitro benzene ring substituents is 1. The summed E-state index contributed by atoms with van der Waals surface area (Å²) in [5.74, 6) is 0. The van der Waals surface area contributed by atoms with E-state index in [-0.39, 0.29) is 11.7 Å². The summed E-state index contributed by atoms with van der Waals surface area (Å²) in [6.45, 7) is 2.03. The van der Waals surface area contributed by atoms with Crippen LogP contribution in [0.15, 0.2) is 72.9 Å². The minimum Gasteiger partial charge on any atom is -0.373 e. The van der Waals surface area contributed by atoms with E-state index < -0.39 is 4.92 Å². The Morgan fingerprint density at radius 1 is 1.07 bits per heavy atom. The lowest BCUT2D eigenvalue weighted by molar-refractivity contribution is -0.384. The molecule has 4 aromatic rings. The number of benzene rings is 2. The summed E-state index contributed by atoms with van der Waals surface area (Å²) >= 11 is 0. The van der Waals surface area contributed by atoms with E-state index in [1.807, 2.05) is 49.4 Å². The molecule has 0 unspecified atom stereocenters. The number of aromatic nitrogens is 2. The van der Waals surface area contributed by atoms with Crippen LogP contribution < -0.4 is 5.32 Å². The zero-order chi connectivity index (χ0) is 18.8. The van der Waals surface area contributed by atoms with Gasteiger partial charge in [-0.1, -0.05) is 30.3 Å². The van der Waals surface area contributed by atoms with E-state index in [2.05, 4.69) is 21.4 Å². The number of H-pyrrole nitrogens is 1. The van der Waals surface area contributed by atoms with Gasteiger partial charge in [0.1, 0.15) is 0 Å². The Morgan fingerprint density at radius 3 is 2.67 bits per heavy atom. The average Bonchev–Trinajstić information content (AvgIpc) is 3.02. The summed E-state index contributed by atoms with van der Waals surface area (Å²) in [5, 5.41) is 15.7. The fraction of sp³-hybridized carbons (Fsp3) is 0.0952. The number of hydrogen-bond donors (Lipinski definition) is 2. The molecule has 4 rings (SSSR count). The van der Waals surface area contributed by atoms with E-state index in [1.165, 1.54) is 6.07 Å². The van der Waals surface area contributed by atoms with Gasteiger partial charge in [0.25, 0.3) is 5.69 Å². The molecular formula is C21H18N4O2. The minimum atomic E-state index is -0.391. The summed E-state index contributed by atoms with van der Waals surface area (Å²) in [4.78, 5) is 18.7. The Kier molecular flexibility index (Phi) is 4.30. The highest BCUT2D eigenvalue weighted by Crippen LogP contribution is 2.34. The molecule has 2 heterocycles. The molecule has 0 saturated heterocycles. The van der Waals surface area contributed by atoms with E-state index in [0.29, 0.717) is 5.69 Å². The Morgan fingerprint density at radius 2 is 1.89 bits per heavy atom. The second-order valence-electron chi connectivity index (χ2n) is 6.35. The van der Waals surface area contributed by atoms with Gasteiger partial charge in [0.05, 0.1) is 16.7 Å². The highest BCUT2D eigenvalue weighted by molar-refractivity contribution is 5.86. The van der Waals surface area contributed by atoms with Crippen molar-refractivity contribution in [2.24, 2.45) is 0 Å². The van der Waals surface area contributed by atoms with Crippen LogP contribution in [0.25, 0.3) is 10.9 Å². The maximum Gasteiger partial charge on any atom is 0.271 e. The van der Waals surface area contributed by atoms with Gasteiger partial charge in [-0.05, 0) is 31.2 Å². The van der Waals surface area contributed by atoms with Gasteiger partial charge in [0.2, 0.25) is 0 Å². The van der Waals surface area contributed by atoms with E-state index in [0.717, 1.165) is 27.9 Å². The first-order valence-electron chi connectivity index (χ1n) is 8.62. The zero-order valence-electron chi connectivity index (χ0n) is 14.7. The van der Waals surface area contributed by atoms with Crippen molar-refractivity contribution in [1.29, 1.82) is 0 Å². The molecule has 0 aliphatic carbocycles. The van der Waals surface area contributed by atoms with E-state index in [1.54, 1.807) is 18.3 Å². The second-order valence-corrected chi connectivity index (χ2v) is 6.35. The van der Waals surface area contributed by atoms with Crippen LogP contribution in [-0.4, -0.2) is 14.9 Å². The van der Waals surface area contributed by atoms with E-state index >= 15 is 0 Å². The van der Waals surface area contributed by atoms with Crippen LogP contribution in [0.2, 0.25) is 0 Å². The molecule has 6 heteroatoms. The first-order valence-corrected chi connectivity index (χ1v) is 8.62.